The van der Waals surface area contributed by atoms with Gasteiger partial charge in [0.25, 0.3) is 10.0 Å². The third kappa shape index (κ3) is 2.60. The topological polar surface area (TPSA) is 99.4 Å². The lowest BCUT2D eigenvalue weighted by Crippen LogP contribution is -2.11. The average molecular weight is 272 g/mol. The number of aromatic nitrogens is 1. The summed E-state index contributed by atoms with van der Waals surface area (Å²) in [5.74, 6) is -0.137. The van der Waals surface area contributed by atoms with E-state index in [-0.39, 0.29) is 4.34 Å². The predicted octanol–water partition coefficient (Wildman–Crippen LogP) is 0.869. The molecule has 0 amide bonds. The fraction of sp³-hybridized carbons (Fsp3) is 0.111. The first-order valence-electron chi connectivity index (χ1n) is 4.48. The van der Waals surface area contributed by atoms with Gasteiger partial charge in [0, 0.05) is 13.0 Å². The van der Waals surface area contributed by atoms with Gasteiger partial charge in [0.15, 0.2) is 0 Å². The molecule has 0 spiro atoms. The zero-order valence-corrected chi connectivity index (χ0v) is 10.3. The number of rotatable bonds is 2. The van der Waals surface area contributed by atoms with Crippen LogP contribution in [0.15, 0.2) is 22.5 Å². The van der Waals surface area contributed by atoms with Crippen molar-refractivity contribution in [2.24, 2.45) is 5.14 Å². The number of hydrogen-bond donors (Lipinski definition) is 1. The second kappa shape index (κ2) is 4.06. The van der Waals surface area contributed by atoms with E-state index in [1.54, 1.807) is 12.1 Å². The molecule has 0 saturated carbocycles. The third-order valence-corrected chi connectivity index (χ3v) is 4.20. The molecule has 0 atom stereocenters. The van der Waals surface area contributed by atoms with Crippen LogP contribution in [0.2, 0.25) is 0 Å². The van der Waals surface area contributed by atoms with Gasteiger partial charge >= 0.3 is 5.97 Å². The van der Waals surface area contributed by atoms with Gasteiger partial charge in [0.05, 0.1) is 10.2 Å². The highest BCUT2D eigenvalue weighted by Gasteiger charge is 2.14. The van der Waals surface area contributed by atoms with E-state index in [2.05, 4.69) is 4.98 Å². The number of carbonyl (C=O) groups excluding carboxylic acids is 1. The number of hydrogen-bond acceptors (Lipinski definition) is 6. The Morgan fingerprint density at radius 2 is 2.18 bits per heavy atom. The van der Waals surface area contributed by atoms with Crippen LogP contribution < -0.4 is 9.88 Å². The number of nitrogens with two attached hydrogens (primary N) is 1. The van der Waals surface area contributed by atoms with Gasteiger partial charge in [0.1, 0.15) is 5.75 Å². The van der Waals surface area contributed by atoms with Gasteiger partial charge in [0.2, 0.25) is 4.34 Å². The minimum Gasteiger partial charge on any atom is -0.427 e. The van der Waals surface area contributed by atoms with Crippen LogP contribution in [0.3, 0.4) is 0 Å². The summed E-state index contributed by atoms with van der Waals surface area (Å²) in [5, 5.41) is 4.97. The predicted molar refractivity (Wildman–Crippen MR) is 62.3 cm³/mol. The van der Waals surface area contributed by atoms with Crippen molar-refractivity contribution in [2.45, 2.75) is 11.3 Å². The lowest BCUT2D eigenvalue weighted by molar-refractivity contribution is -0.131. The van der Waals surface area contributed by atoms with Crippen LogP contribution >= 0.6 is 11.3 Å². The van der Waals surface area contributed by atoms with Gasteiger partial charge < -0.3 is 4.74 Å². The zero-order valence-electron chi connectivity index (χ0n) is 8.71. The van der Waals surface area contributed by atoms with Crippen LogP contribution in [-0.4, -0.2) is 19.4 Å². The standard InChI is InChI=1S/C9H8N2O4S2/c1-5(12)15-6-2-3-8-7(4-6)11-9(16-8)17(10,13)14/h2-4H,1H3,(H2,10,13,14). The molecular weight excluding hydrogens is 264 g/mol. The summed E-state index contributed by atoms with van der Waals surface area (Å²) >= 11 is 0.967. The van der Waals surface area contributed by atoms with Crippen LogP contribution in [0.1, 0.15) is 6.92 Å². The Bertz CT molecular complexity index is 690. The van der Waals surface area contributed by atoms with Crippen LogP contribution in [0.25, 0.3) is 10.2 Å². The molecule has 0 aliphatic carbocycles. The minimum absolute atomic E-state index is 0.160. The molecule has 2 rings (SSSR count). The molecule has 0 bridgehead atoms. The van der Waals surface area contributed by atoms with E-state index in [1.807, 2.05) is 0 Å². The van der Waals surface area contributed by atoms with Gasteiger partial charge in [-0.3, -0.25) is 4.79 Å². The Morgan fingerprint density at radius 3 is 2.76 bits per heavy atom. The maximum absolute atomic E-state index is 11.1. The van der Waals surface area contributed by atoms with Gasteiger partial charge in [-0.25, -0.2) is 18.5 Å². The number of primary sulfonamides is 1. The summed E-state index contributed by atoms with van der Waals surface area (Å²) in [7, 11) is -3.80. The maximum atomic E-state index is 11.1. The van der Waals surface area contributed by atoms with Crippen LogP contribution in [0, 0.1) is 0 Å². The largest absolute Gasteiger partial charge is 0.427 e. The molecule has 2 aromatic rings. The molecule has 0 aliphatic heterocycles. The van der Waals surface area contributed by atoms with Gasteiger partial charge in [-0.1, -0.05) is 0 Å². The van der Waals surface area contributed by atoms with E-state index in [0.717, 1.165) is 11.3 Å². The molecule has 1 aromatic carbocycles. The summed E-state index contributed by atoms with van der Waals surface area (Å²) in [6.07, 6.45) is 0. The number of thiazole rings is 1. The van der Waals surface area contributed by atoms with Crippen molar-refractivity contribution in [2.75, 3.05) is 0 Å². The Balaban J connectivity index is 2.52. The van der Waals surface area contributed by atoms with Crippen molar-refractivity contribution in [1.29, 1.82) is 0 Å². The Morgan fingerprint density at radius 1 is 1.47 bits per heavy atom. The second-order valence-corrected chi connectivity index (χ2v) is 6.01. The van der Waals surface area contributed by atoms with Crippen molar-refractivity contribution in [3.05, 3.63) is 18.2 Å². The van der Waals surface area contributed by atoms with E-state index < -0.39 is 16.0 Å². The molecule has 6 nitrogen and oxygen atoms in total. The van der Waals surface area contributed by atoms with E-state index in [1.165, 1.54) is 13.0 Å². The third-order valence-electron chi connectivity index (χ3n) is 1.84. The van der Waals surface area contributed by atoms with Gasteiger partial charge in [-0.15, -0.1) is 11.3 Å². The van der Waals surface area contributed by atoms with Gasteiger partial charge in [-0.2, -0.15) is 0 Å². The molecule has 0 unspecified atom stereocenters. The van der Waals surface area contributed by atoms with Crippen molar-refractivity contribution in [3.8, 4) is 5.75 Å². The number of fused-ring (bicyclic) bond motifs is 1. The summed E-state index contributed by atoms with van der Waals surface area (Å²) in [5.41, 5.74) is 0.428. The fourth-order valence-corrected chi connectivity index (χ4v) is 2.87. The minimum atomic E-state index is -3.80. The lowest BCUT2D eigenvalue weighted by Gasteiger charge is -1.99. The van der Waals surface area contributed by atoms with E-state index in [0.29, 0.717) is 16.0 Å². The number of benzene rings is 1. The molecule has 17 heavy (non-hydrogen) atoms. The summed E-state index contributed by atoms with van der Waals surface area (Å²) in [4.78, 5) is 14.6. The summed E-state index contributed by atoms with van der Waals surface area (Å²) in [6, 6.07) is 4.68. The monoisotopic (exact) mass is 272 g/mol. The molecule has 1 heterocycles. The molecule has 0 aliphatic rings. The van der Waals surface area contributed by atoms with E-state index >= 15 is 0 Å². The number of nitrogens with zero attached hydrogens (tertiary/aromatic N) is 1. The zero-order chi connectivity index (χ0) is 12.6. The average Bonchev–Trinajstić information content (AvgIpc) is 2.58. The Labute approximate surface area is 101 Å². The van der Waals surface area contributed by atoms with Crippen molar-refractivity contribution in [3.63, 3.8) is 0 Å². The van der Waals surface area contributed by atoms with Crippen LogP contribution in [0.4, 0.5) is 0 Å². The van der Waals surface area contributed by atoms with E-state index in [9.17, 15) is 13.2 Å². The normalized spacial score (nSPS) is 11.6. The van der Waals surface area contributed by atoms with Gasteiger partial charge in [-0.05, 0) is 12.1 Å². The molecule has 8 heteroatoms. The number of esters is 1. The van der Waals surface area contributed by atoms with Crippen LogP contribution in [0.5, 0.6) is 5.75 Å². The lowest BCUT2D eigenvalue weighted by atomic mass is 10.3. The Hall–Kier alpha value is -1.51. The summed E-state index contributed by atoms with van der Waals surface area (Å²) < 4.78 is 27.6. The van der Waals surface area contributed by atoms with Crippen molar-refractivity contribution >= 4 is 37.5 Å². The second-order valence-electron chi connectivity index (χ2n) is 3.25. The number of sulfonamides is 1. The first kappa shape index (κ1) is 12.0. The maximum Gasteiger partial charge on any atom is 0.308 e. The molecule has 90 valence electrons. The highest BCUT2D eigenvalue weighted by atomic mass is 32.2. The summed E-state index contributed by atoms with van der Waals surface area (Å²) in [6.45, 7) is 1.28. The molecule has 0 fully saturated rings. The fourth-order valence-electron chi connectivity index (χ4n) is 1.24. The SMILES string of the molecule is CC(=O)Oc1ccc2sc(S(N)(=O)=O)nc2c1. The highest BCUT2D eigenvalue weighted by molar-refractivity contribution is 7.91. The molecule has 0 saturated heterocycles. The van der Waals surface area contributed by atoms with Crippen LogP contribution in [-0.2, 0) is 14.8 Å². The molecular formula is C9H8N2O4S2. The van der Waals surface area contributed by atoms with E-state index in [4.69, 9.17) is 9.88 Å². The first-order valence-corrected chi connectivity index (χ1v) is 6.84. The highest BCUT2D eigenvalue weighted by Crippen LogP contribution is 2.27. The molecule has 2 N–H and O–H groups in total. The quantitative estimate of drug-likeness (QED) is 0.646. The smallest absolute Gasteiger partial charge is 0.308 e. The first-order chi connectivity index (χ1) is 7.86. The van der Waals surface area contributed by atoms with Crippen molar-refractivity contribution in [1.82, 2.24) is 4.98 Å². The number of carbonyl (C=O) groups is 1. The van der Waals surface area contributed by atoms with Crippen molar-refractivity contribution < 1.29 is 17.9 Å². The Kier molecular flexibility index (Phi) is 2.86. The molecule has 0 radical (unpaired) electrons. The molecule has 1 aromatic heterocycles. The number of ether oxygens (including phenoxy) is 1.